The Labute approximate surface area is 516 Å². The molecular formula is C74H122NO8P. The fourth-order valence-corrected chi connectivity index (χ4v) is 9.25. The van der Waals surface area contributed by atoms with Crippen LogP contribution in [0, 0.1) is 0 Å². The summed E-state index contributed by atoms with van der Waals surface area (Å²) in [5.74, 6) is -0.859. The number of unbranched alkanes of at least 4 members (excludes halogenated alkanes) is 19. The molecule has 0 amide bonds. The van der Waals surface area contributed by atoms with Gasteiger partial charge in [0.25, 0.3) is 7.82 Å². The first-order valence-corrected chi connectivity index (χ1v) is 34.7. The van der Waals surface area contributed by atoms with Crippen molar-refractivity contribution >= 4 is 19.8 Å². The van der Waals surface area contributed by atoms with Gasteiger partial charge in [0.2, 0.25) is 0 Å². The normalized spacial score (nSPS) is 14.2. The summed E-state index contributed by atoms with van der Waals surface area (Å²) >= 11 is 0. The summed E-state index contributed by atoms with van der Waals surface area (Å²) in [6.45, 7) is 3.98. The van der Waals surface area contributed by atoms with Gasteiger partial charge in [0.15, 0.2) is 6.10 Å². The Morgan fingerprint density at radius 1 is 0.369 bits per heavy atom. The second kappa shape index (κ2) is 63.1. The summed E-state index contributed by atoms with van der Waals surface area (Å²) in [7, 11) is 1.14. The average molecular weight is 1180 g/mol. The van der Waals surface area contributed by atoms with Crippen molar-refractivity contribution in [3.05, 3.63) is 158 Å². The molecule has 0 heterocycles. The number of carbonyl (C=O) groups excluding carboxylic acids is 2. The summed E-state index contributed by atoms with van der Waals surface area (Å²) in [6, 6.07) is 0. The Balaban J connectivity index is 4.15. The molecule has 0 N–H and O–H groups in total. The van der Waals surface area contributed by atoms with Crippen molar-refractivity contribution in [2.45, 2.75) is 251 Å². The molecule has 0 aromatic heterocycles. The van der Waals surface area contributed by atoms with Crippen molar-refractivity contribution in [3.63, 3.8) is 0 Å². The molecule has 0 bridgehead atoms. The molecule has 0 saturated carbocycles. The van der Waals surface area contributed by atoms with Gasteiger partial charge in [-0.1, -0.05) is 268 Å². The van der Waals surface area contributed by atoms with Gasteiger partial charge in [-0.15, -0.1) is 0 Å². The van der Waals surface area contributed by atoms with Crippen LogP contribution in [0.25, 0.3) is 0 Å². The summed E-state index contributed by atoms with van der Waals surface area (Å²) in [5, 5.41) is 0. The number of phosphoric acid groups is 1. The van der Waals surface area contributed by atoms with Gasteiger partial charge >= 0.3 is 11.9 Å². The van der Waals surface area contributed by atoms with Crippen LogP contribution in [0.15, 0.2) is 158 Å². The third kappa shape index (κ3) is 66.8. The van der Waals surface area contributed by atoms with E-state index in [2.05, 4.69) is 172 Å². The number of hydrogen-bond acceptors (Lipinski definition) is 8. The molecule has 0 radical (unpaired) electrons. The van der Waals surface area contributed by atoms with E-state index in [0.29, 0.717) is 23.9 Å². The van der Waals surface area contributed by atoms with Gasteiger partial charge < -0.3 is 27.9 Å². The van der Waals surface area contributed by atoms with E-state index in [9.17, 15) is 19.0 Å². The molecule has 0 rings (SSSR count). The van der Waals surface area contributed by atoms with Crippen molar-refractivity contribution in [2.24, 2.45) is 0 Å². The lowest BCUT2D eigenvalue weighted by molar-refractivity contribution is -0.870. The summed E-state index contributed by atoms with van der Waals surface area (Å²) in [6.07, 6.45) is 94.4. The van der Waals surface area contributed by atoms with Gasteiger partial charge in [0, 0.05) is 12.8 Å². The van der Waals surface area contributed by atoms with Crippen LogP contribution in [0.4, 0.5) is 0 Å². The fraction of sp³-hybridized carbons (Fsp3) is 0.622. The van der Waals surface area contributed by atoms with Crippen LogP contribution in [-0.4, -0.2) is 70.0 Å². The van der Waals surface area contributed by atoms with Crippen LogP contribution < -0.4 is 4.89 Å². The molecule has 2 atom stereocenters. The maximum Gasteiger partial charge on any atom is 0.306 e. The smallest absolute Gasteiger partial charge is 0.306 e. The lowest BCUT2D eigenvalue weighted by atomic mass is 10.0. The van der Waals surface area contributed by atoms with Crippen molar-refractivity contribution in [2.75, 3.05) is 47.5 Å². The van der Waals surface area contributed by atoms with Crippen LogP contribution in [0.2, 0.25) is 0 Å². The van der Waals surface area contributed by atoms with Crippen molar-refractivity contribution in [3.8, 4) is 0 Å². The van der Waals surface area contributed by atoms with Gasteiger partial charge in [-0.05, 0) is 122 Å². The number of esters is 2. The number of ether oxygens (including phenoxy) is 2. The lowest BCUT2D eigenvalue weighted by Crippen LogP contribution is -2.37. The molecule has 10 heteroatoms. The highest BCUT2D eigenvalue weighted by atomic mass is 31.2. The van der Waals surface area contributed by atoms with E-state index in [1.54, 1.807) is 0 Å². The van der Waals surface area contributed by atoms with E-state index < -0.39 is 32.5 Å². The summed E-state index contributed by atoms with van der Waals surface area (Å²) in [5.41, 5.74) is 0. The number of carbonyl (C=O) groups is 2. The number of phosphoric ester groups is 1. The predicted molar refractivity (Wildman–Crippen MR) is 360 cm³/mol. The Hall–Kier alpha value is -4.37. The molecule has 0 aliphatic rings. The minimum Gasteiger partial charge on any atom is -0.756 e. The number of rotatable bonds is 59. The van der Waals surface area contributed by atoms with E-state index in [-0.39, 0.29) is 26.1 Å². The molecule has 0 fully saturated rings. The molecule has 476 valence electrons. The number of allylic oxidation sites excluding steroid dienone is 26. The quantitative estimate of drug-likeness (QED) is 0.0195. The highest BCUT2D eigenvalue weighted by molar-refractivity contribution is 7.45. The van der Waals surface area contributed by atoms with E-state index in [0.717, 1.165) is 141 Å². The first kappa shape index (κ1) is 79.6. The van der Waals surface area contributed by atoms with Gasteiger partial charge in [0.05, 0.1) is 27.7 Å². The molecule has 0 saturated heterocycles. The Bertz CT molecular complexity index is 1970. The molecule has 9 nitrogen and oxygen atoms in total. The highest BCUT2D eigenvalue weighted by Gasteiger charge is 2.22. The monoisotopic (exact) mass is 1180 g/mol. The van der Waals surface area contributed by atoms with Crippen molar-refractivity contribution in [1.29, 1.82) is 0 Å². The second-order valence-electron chi connectivity index (χ2n) is 22.7. The molecule has 0 aliphatic carbocycles. The van der Waals surface area contributed by atoms with Crippen LogP contribution in [0.5, 0.6) is 0 Å². The molecule has 0 aromatic carbocycles. The number of quaternary nitrogens is 1. The van der Waals surface area contributed by atoms with Crippen LogP contribution >= 0.6 is 7.82 Å². The lowest BCUT2D eigenvalue weighted by Gasteiger charge is -2.28. The minimum atomic E-state index is -4.66. The molecule has 0 aromatic rings. The zero-order chi connectivity index (χ0) is 61.2. The number of hydrogen-bond donors (Lipinski definition) is 0. The minimum absolute atomic E-state index is 0.0417. The van der Waals surface area contributed by atoms with E-state index in [4.69, 9.17) is 18.5 Å². The van der Waals surface area contributed by atoms with Gasteiger partial charge in [-0.25, -0.2) is 0 Å². The number of likely N-dealkylation sites (N-methyl/N-ethyl adjacent to an activating group) is 1. The largest absolute Gasteiger partial charge is 0.756 e. The molecular weight excluding hydrogens is 1060 g/mol. The Morgan fingerprint density at radius 3 is 0.952 bits per heavy atom. The Kier molecular flexibility index (Phi) is 59.9. The average Bonchev–Trinajstić information content (AvgIpc) is 3.61. The SMILES string of the molecule is CC/C=C\C/C=C\C/C=C\C/C=C\C/C=C\C/C=C\C/C=C\CCCCCCCCCCCCCCCC(=O)OC(COC(=O)CCCCCCCC/C=C\C/C=C\C/C=C\C/C=C\C/C=C\C/C=C\CC)COP(=O)([O-])OCC[N+](C)(C)C. The topological polar surface area (TPSA) is 111 Å². The van der Waals surface area contributed by atoms with Crippen LogP contribution in [0.3, 0.4) is 0 Å². The van der Waals surface area contributed by atoms with Gasteiger partial charge in [-0.3, -0.25) is 14.2 Å². The summed E-state index contributed by atoms with van der Waals surface area (Å²) < 4.78 is 34.3. The van der Waals surface area contributed by atoms with E-state index in [1.807, 2.05) is 21.1 Å². The van der Waals surface area contributed by atoms with E-state index in [1.165, 1.54) is 64.2 Å². The molecule has 0 spiro atoms. The third-order valence-electron chi connectivity index (χ3n) is 13.5. The van der Waals surface area contributed by atoms with Gasteiger partial charge in [-0.2, -0.15) is 0 Å². The molecule has 2 unspecified atom stereocenters. The Morgan fingerprint density at radius 2 is 0.643 bits per heavy atom. The van der Waals surface area contributed by atoms with Gasteiger partial charge in [0.1, 0.15) is 19.8 Å². The predicted octanol–water partition coefficient (Wildman–Crippen LogP) is 21.0. The van der Waals surface area contributed by atoms with Crippen LogP contribution in [-0.2, 0) is 32.7 Å². The first-order valence-electron chi connectivity index (χ1n) is 33.2. The van der Waals surface area contributed by atoms with Crippen LogP contribution in [0.1, 0.15) is 245 Å². The fourth-order valence-electron chi connectivity index (χ4n) is 8.52. The number of nitrogens with zero attached hydrogens (tertiary/aromatic N) is 1. The standard InChI is InChI=1S/C74H122NO8P/c1-6-8-10-12-14-16-18-20-22-24-26-28-30-32-33-34-35-36-37-38-39-40-41-43-45-47-49-51-53-55-57-59-61-63-65-67-74(77)83-72(71-82-84(78,79)81-69-68-75(3,4)5)70-80-73(76)66-64-62-60-58-56-54-52-50-48-46-44-42-31-29-27-25-23-21-19-17-15-13-11-9-7-2/h8-11,14-17,20-23,26-29,32-33,35-36,38-39,42,44,48,50,72H,6-7,12-13,18-19,24-25,30-31,34,37,40-41,43,45-47,49,51-71H2,1-5H3/b10-8-,11-9-,16-14-,17-15-,22-20-,23-21-,28-26-,29-27-,33-32-,36-35-,39-38-,44-42-,50-48-. The zero-order valence-electron chi connectivity index (χ0n) is 54.0. The third-order valence-corrected chi connectivity index (χ3v) is 14.5. The summed E-state index contributed by atoms with van der Waals surface area (Å²) in [4.78, 5) is 38.0. The van der Waals surface area contributed by atoms with E-state index >= 15 is 0 Å². The zero-order valence-corrected chi connectivity index (χ0v) is 54.9. The maximum absolute atomic E-state index is 12.9. The highest BCUT2D eigenvalue weighted by Crippen LogP contribution is 2.38. The first-order chi connectivity index (χ1) is 41.0. The maximum atomic E-state index is 12.9. The van der Waals surface area contributed by atoms with Crippen molar-refractivity contribution < 1.29 is 42.1 Å². The van der Waals surface area contributed by atoms with Crippen molar-refractivity contribution in [1.82, 2.24) is 0 Å². The molecule has 0 aliphatic heterocycles. The molecule has 84 heavy (non-hydrogen) atoms. The second-order valence-corrected chi connectivity index (χ2v) is 24.1.